The van der Waals surface area contributed by atoms with Crippen molar-refractivity contribution in [3.63, 3.8) is 0 Å². The van der Waals surface area contributed by atoms with E-state index in [-0.39, 0.29) is 0 Å². The standard InChI is InChI=1S/C20H23NO3/c22-20(23)21-13-10-16(11-14-21)12-15-24-19-8-6-18(7-9-19)17-4-2-1-3-5-17/h1-9,16H,10-15H2,(H,22,23). The van der Waals surface area contributed by atoms with E-state index < -0.39 is 6.09 Å². The molecule has 126 valence electrons. The van der Waals surface area contributed by atoms with Crippen molar-refractivity contribution in [3.8, 4) is 16.9 Å². The zero-order valence-corrected chi connectivity index (χ0v) is 13.7. The third-order valence-corrected chi connectivity index (χ3v) is 4.64. The van der Waals surface area contributed by atoms with E-state index in [1.165, 1.54) is 16.0 Å². The van der Waals surface area contributed by atoms with E-state index in [0.29, 0.717) is 25.6 Å². The molecule has 4 heteroatoms. The summed E-state index contributed by atoms with van der Waals surface area (Å²) >= 11 is 0. The van der Waals surface area contributed by atoms with Gasteiger partial charge in [-0.1, -0.05) is 42.5 Å². The quantitative estimate of drug-likeness (QED) is 0.880. The lowest BCUT2D eigenvalue weighted by Gasteiger charge is -2.29. The van der Waals surface area contributed by atoms with Crippen LogP contribution in [0, 0.1) is 5.92 Å². The van der Waals surface area contributed by atoms with Gasteiger partial charge in [-0.3, -0.25) is 0 Å². The van der Waals surface area contributed by atoms with Gasteiger partial charge in [0, 0.05) is 13.1 Å². The van der Waals surface area contributed by atoms with Crippen molar-refractivity contribution in [2.24, 2.45) is 5.92 Å². The van der Waals surface area contributed by atoms with E-state index in [1.54, 1.807) is 0 Å². The predicted molar refractivity (Wildman–Crippen MR) is 94.3 cm³/mol. The van der Waals surface area contributed by atoms with Crippen LogP contribution < -0.4 is 4.74 Å². The molecule has 24 heavy (non-hydrogen) atoms. The van der Waals surface area contributed by atoms with E-state index in [0.717, 1.165) is 25.0 Å². The van der Waals surface area contributed by atoms with E-state index in [9.17, 15) is 4.79 Å². The highest BCUT2D eigenvalue weighted by molar-refractivity contribution is 5.65. The molecule has 0 aromatic heterocycles. The van der Waals surface area contributed by atoms with Gasteiger partial charge in [0.05, 0.1) is 6.61 Å². The summed E-state index contributed by atoms with van der Waals surface area (Å²) in [5.74, 6) is 1.45. The van der Waals surface area contributed by atoms with Gasteiger partial charge in [-0.05, 0) is 48.4 Å². The lowest BCUT2D eigenvalue weighted by Crippen LogP contribution is -2.37. The Hall–Kier alpha value is -2.49. The first kappa shape index (κ1) is 16.4. The molecule has 1 heterocycles. The number of carboxylic acid groups (broad SMARTS) is 1. The van der Waals surface area contributed by atoms with Gasteiger partial charge < -0.3 is 14.7 Å². The summed E-state index contributed by atoms with van der Waals surface area (Å²) in [5.41, 5.74) is 2.39. The highest BCUT2D eigenvalue weighted by atomic mass is 16.5. The molecule has 0 unspecified atom stereocenters. The molecule has 1 fully saturated rings. The minimum atomic E-state index is -0.803. The third-order valence-electron chi connectivity index (χ3n) is 4.64. The average Bonchev–Trinajstić information content (AvgIpc) is 2.63. The maximum absolute atomic E-state index is 10.9. The second kappa shape index (κ2) is 7.86. The molecule has 0 atom stereocenters. The Kier molecular flexibility index (Phi) is 5.36. The lowest BCUT2D eigenvalue weighted by atomic mass is 9.94. The zero-order valence-electron chi connectivity index (χ0n) is 13.7. The first-order valence-corrected chi connectivity index (χ1v) is 8.48. The Morgan fingerprint density at radius 2 is 1.62 bits per heavy atom. The third kappa shape index (κ3) is 4.28. The average molecular weight is 325 g/mol. The zero-order chi connectivity index (χ0) is 16.8. The maximum Gasteiger partial charge on any atom is 0.407 e. The number of hydrogen-bond acceptors (Lipinski definition) is 2. The topological polar surface area (TPSA) is 49.8 Å². The molecule has 0 saturated carbocycles. The number of rotatable bonds is 5. The number of carbonyl (C=O) groups is 1. The van der Waals surface area contributed by atoms with Crippen LogP contribution in [0.5, 0.6) is 5.75 Å². The van der Waals surface area contributed by atoms with Crippen LogP contribution in [-0.2, 0) is 0 Å². The Morgan fingerprint density at radius 1 is 1.00 bits per heavy atom. The summed E-state index contributed by atoms with van der Waals surface area (Å²) in [6, 6.07) is 18.5. The summed E-state index contributed by atoms with van der Waals surface area (Å²) in [6.07, 6.45) is 2.04. The fourth-order valence-corrected chi connectivity index (χ4v) is 3.13. The van der Waals surface area contributed by atoms with Crippen LogP contribution in [0.25, 0.3) is 11.1 Å². The molecule has 1 saturated heterocycles. The van der Waals surface area contributed by atoms with Gasteiger partial charge in [-0.15, -0.1) is 0 Å². The minimum Gasteiger partial charge on any atom is -0.494 e. The van der Waals surface area contributed by atoms with Crippen LogP contribution in [0.2, 0.25) is 0 Å². The van der Waals surface area contributed by atoms with Crippen LogP contribution in [0.15, 0.2) is 54.6 Å². The molecular formula is C20H23NO3. The van der Waals surface area contributed by atoms with Crippen molar-refractivity contribution in [3.05, 3.63) is 54.6 Å². The predicted octanol–water partition coefficient (Wildman–Crippen LogP) is 4.51. The van der Waals surface area contributed by atoms with Gasteiger partial charge in [0.1, 0.15) is 5.75 Å². The van der Waals surface area contributed by atoms with Gasteiger partial charge in [0.25, 0.3) is 0 Å². The second-order valence-electron chi connectivity index (χ2n) is 6.24. The summed E-state index contributed by atoms with van der Waals surface area (Å²) in [5, 5.41) is 8.96. The summed E-state index contributed by atoms with van der Waals surface area (Å²) in [4.78, 5) is 12.4. The molecular weight excluding hydrogens is 302 g/mol. The number of likely N-dealkylation sites (tertiary alicyclic amines) is 1. The number of piperidine rings is 1. The van der Waals surface area contributed by atoms with Crippen LogP contribution in [0.1, 0.15) is 19.3 Å². The highest BCUT2D eigenvalue weighted by Crippen LogP contribution is 2.24. The van der Waals surface area contributed by atoms with Crippen molar-refractivity contribution in [2.45, 2.75) is 19.3 Å². The molecule has 2 aromatic rings. The van der Waals surface area contributed by atoms with Gasteiger partial charge in [-0.25, -0.2) is 4.79 Å². The molecule has 1 N–H and O–H groups in total. The van der Waals surface area contributed by atoms with Crippen LogP contribution in [-0.4, -0.2) is 35.8 Å². The Bertz CT molecular complexity index is 646. The molecule has 0 radical (unpaired) electrons. The number of amides is 1. The van der Waals surface area contributed by atoms with E-state index in [1.807, 2.05) is 30.3 Å². The van der Waals surface area contributed by atoms with Crippen molar-refractivity contribution in [1.29, 1.82) is 0 Å². The Labute approximate surface area is 142 Å². The Morgan fingerprint density at radius 3 is 2.25 bits per heavy atom. The van der Waals surface area contributed by atoms with Crippen molar-refractivity contribution in [1.82, 2.24) is 4.90 Å². The number of nitrogens with zero attached hydrogens (tertiary/aromatic N) is 1. The molecule has 1 amide bonds. The van der Waals surface area contributed by atoms with E-state index >= 15 is 0 Å². The first-order valence-electron chi connectivity index (χ1n) is 8.48. The second-order valence-corrected chi connectivity index (χ2v) is 6.24. The minimum absolute atomic E-state index is 0.559. The fraction of sp³-hybridized carbons (Fsp3) is 0.350. The monoisotopic (exact) mass is 325 g/mol. The number of hydrogen-bond donors (Lipinski definition) is 1. The molecule has 4 nitrogen and oxygen atoms in total. The Balaban J connectivity index is 1.44. The fourth-order valence-electron chi connectivity index (χ4n) is 3.13. The molecule has 3 rings (SSSR count). The first-order chi connectivity index (χ1) is 11.7. The van der Waals surface area contributed by atoms with Crippen molar-refractivity contribution in [2.75, 3.05) is 19.7 Å². The number of ether oxygens (including phenoxy) is 1. The normalized spacial score (nSPS) is 15.2. The molecule has 0 aliphatic carbocycles. The maximum atomic E-state index is 10.9. The van der Waals surface area contributed by atoms with Crippen molar-refractivity contribution < 1.29 is 14.6 Å². The molecule has 2 aromatic carbocycles. The van der Waals surface area contributed by atoms with Crippen LogP contribution >= 0.6 is 0 Å². The van der Waals surface area contributed by atoms with Gasteiger partial charge >= 0.3 is 6.09 Å². The SMILES string of the molecule is O=C(O)N1CCC(CCOc2ccc(-c3ccccc3)cc2)CC1. The highest BCUT2D eigenvalue weighted by Gasteiger charge is 2.21. The number of benzene rings is 2. The summed E-state index contributed by atoms with van der Waals surface area (Å²) in [6.45, 7) is 1.97. The lowest BCUT2D eigenvalue weighted by molar-refractivity contribution is 0.119. The van der Waals surface area contributed by atoms with Gasteiger partial charge in [0.2, 0.25) is 0 Å². The molecule has 0 spiro atoms. The summed E-state index contributed by atoms with van der Waals surface area (Å²) in [7, 11) is 0. The van der Waals surface area contributed by atoms with Crippen LogP contribution in [0.3, 0.4) is 0 Å². The van der Waals surface area contributed by atoms with Crippen molar-refractivity contribution >= 4 is 6.09 Å². The molecule has 0 bridgehead atoms. The van der Waals surface area contributed by atoms with E-state index in [2.05, 4.69) is 24.3 Å². The van der Waals surface area contributed by atoms with Crippen LogP contribution in [0.4, 0.5) is 4.79 Å². The van der Waals surface area contributed by atoms with Gasteiger partial charge in [0.15, 0.2) is 0 Å². The largest absolute Gasteiger partial charge is 0.494 e. The molecule has 1 aliphatic heterocycles. The van der Waals surface area contributed by atoms with E-state index in [4.69, 9.17) is 9.84 Å². The van der Waals surface area contributed by atoms with Gasteiger partial charge in [-0.2, -0.15) is 0 Å². The molecule has 1 aliphatic rings. The smallest absolute Gasteiger partial charge is 0.407 e. The summed E-state index contributed by atoms with van der Waals surface area (Å²) < 4.78 is 5.84.